The summed E-state index contributed by atoms with van der Waals surface area (Å²) in [5.74, 6) is 3.13. The Balaban J connectivity index is 0.00000113. The van der Waals surface area contributed by atoms with E-state index in [4.69, 9.17) is 4.42 Å². The van der Waals surface area contributed by atoms with Gasteiger partial charge in [0.05, 0.1) is 0 Å². The zero-order chi connectivity index (χ0) is 16.0. The molecular weight excluding hydrogens is 466 g/mol. The van der Waals surface area contributed by atoms with Crippen LogP contribution in [0.5, 0.6) is 0 Å². The Morgan fingerprint density at radius 2 is 1.84 bits per heavy atom. The van der Waals surface area contributed by atoms with E-state index in [0.29, 0.717) is 0 Å². The van der Waals surface area contributed by atoms with Gasteiger partial charge < -0.3 is 24.8 Å². The molecule has 130 valence electrons. The summed E-state index contributed by atoms with van der Waals surface area (Å²) in [6.07, 6.45) is 14.2. The molecule has 0 unspecified atom stereocenters. The van der Waals surface area contributed by atoms with Crippen molar-refractivity contribution in [3.63, 3.8) is 0 Å². The molecule has 2 heterocycles. The van der Waals surface area contributed by atoms with Crippen molar-refractivity contribution in [2.75, 3.05) is 5.75 Å². The van der Waals surface area contributed by atoms with Gasteiger partial charge in [-0.15, -0.1) is 0 Å². The second-order valence-electron chi connectivity index (χ2n) is 6.38. The summed E-state index contributed by atoms with van der Waals surface area (Å²) in [7, 11) is 0. The number of rotatable bonds is 3. The molecule has 0 saturated heterocycles. The Morgan fingerprint density at radius 1 is 1.12 bits per heavy atom. The van der Waals surface area contributed by atoms with Crippen molar-refractivity contribution in [3.8, 4) is 0 Å². The number of furan rings is 1. The van der Waals surface area contributed by atoms with E-state index in [1.54, 1.807) is 8.19 Å². The quantitative estimate of drug-likeness (QED) is 0.543. The van der Waals surface area contributed by atoms with Crippen LogP contribution in [0.25, 0.3) is 5.57 Å². The minimum atomic E-state index is -1.64. The molecule has 1 aliphatic heterocycles. The van der Waals surface area contributed by atoms with Gasteiger partial charge in [-0.05, 0) is 0 Å². The normalized spacial score (nSPS) is 17.5. The maximum atomic E-state index is 5.89. The average molecular weight is 487 g/mol. The van der Waals surface area contributed by atoms with Crippen molar-refractivity contribution < 1.29 is 49.6 Å². The third kappa shape index (κ3) is 3.99. The second-order valence-corrected chi connectivity index (χ2v) is 24.9. The molecule has 0 N–H and O–H groups in total. The first-order chi connectivity index (χ1) is 11.1. The molecular formula is C19H20Cl2OSSiZr. The SMILES string of the molecule is Cc1ccc(C2=C3C=C[C]([Zr+2]([CH]4C=CC=C4)=[Si](C)C)=C3SC2)o1.[Cl-].[Cl-]. The van der Waals surface area contributed by atoms with E-state index >= 15 is 0 Å². The summed E-state index contributed by atoms with van der Waals surface area (Å²) in [5, 5.41) is 0. The summed E-state index contributed by atoms with van der Waals surface area (Å²) in [5.41, 5.74) is 2.62. The summed E-state index contributed by atoms with van der Waals surface area (Å²) in [6, 6.07) is 4.20. The number of aryl methyl sites for hydroxylation is 1. The van der Waals surface area contributed by atoms with E-state index in [-0.39, 0.29) is 30.2 Å². The summed E-state index contributed by atoms with van der Waals surface area (Å²) in [6.45, 7) is 7.08. The molecule has 0 atom stereocenters. The van der Waals surface area contributed by atoms with Crippen molar-refractivity contribution in [2.45, 2.75) is 23.6 Å². The number of hydrogen-bond donors (Lipinski definition) is 0. The number of halogens is 2. The van der Waals surface area contributed by atoms with Crippen molar-refractivity contribution in [1.82, 2.24) is 0 Å². The first kappa shape index (κ1) is 21.3. The predicted molar refractivity (Wildman–Crippen MR) is 98.5 cm³/mol. The second kappa shape index (κ2) is 8.80. The van der Waals surface area contributed by atoms with E-state index < -0.39 is 20.4 Å². The molecule has 2 aliphatic carbocycles. The molecule has 0 spiro atoms. The van der Waals surface area contributed by atoms with Gasteiger partial charge in [0, 0.05) is 0 Å². The Morgan fingerprint density at radius 3 is 2.44 bits per heavy atom. The third-order valence-corrected chi connectivity index (χ3v) is 23.8. The van der Waals surface area contributed by atoms with Crippen molar-refractivity contribution in [2.24, 2.45) is 0 Å². The number of hydrogen-bond acceptors (Lipinski definition) is 2. The molecule has 0 aromatic carbocycles. The van der Waals surface area contributed by atoms with Crippen molar-refractivity contribution in [1.29, 1.82) is 0 Å². The van der Waals surface area contributed by atoms with Crippen LogP contribution in [0.3, 0.4) is 0 Å². The van der Waals surface area contributed by atoms with Gasteiger partial charge in [-0.3, -0.25) is 0 Å². The minimum Gasteiger partial charge on any atom is -1.00 e. The van der Waals surface area contributed by atoms with Gasteiger partial charge in [-0.25, -0.2) is 0 Å². The monoisotopic (exact) mass is 484 g/mol. The van der Waals surface area contributed by atoms with Crippen LogP contribution in [0.15, 0.2) is 66.8 Å². The molecule has 4 rings (SSSR count). The summed E-state index contributed by atoms with van der Waals surface area (Å²) >= 11 is 0.396. The van der Waals surface area contributed by atoms with Crippen LogP contribution >= 0.6 is 11.8 Å². The predicted octanol–water partition coefficient (Wildman–Crippen LogP) is -0.338. The third-order valence-electron chi connectivity index (χ3n) is 4.54. The van der Waals surface area contributed by atoms with Gasteiger partial charge in [0.15, 0.2) is 0 Å². The molecule has 0 radical (unpaired) electrons. The van der Waals surface area contributed by atoms with Crippen molar-refractivity contribution >= 4 is 22.8 Å². The minimum absolute atomic E-state index is 0. The largest absolute Gasteiger partial charge is 1.00 e. The summed E-state index contributed by atoms with van der Waals surface area (Å²) < 4.78 is 8.41. The number of fused-ring (bicyclic) bond motifs is 1. The van der Waals surface area contributed by atoms with E-state index in [0.717, 1.165) is 20.9 Å². The molecule has 0 bridgehead atoms. The Bertz CT molecular complexity index is 858. The van der Waals surface area contributed by atoms with Crippen LogP contribution in [-0.2, 0) is 20.4 Å². The van der Waals surface area contributed by atoms with Gasteiger partial charge in [0.25, 0.3) is 0 Å². The smallest absolute Gasteiger partial charge is 1.00 e. The molecule has 6 heteroatoms. The maximum absolute atomic E-state index is 5.89. The van der Waals surface area contributed by atoms with Crippen LogP contribution in [0.4, 0.5) is 0 Å². The molecule has 1 aromatic rings. The van der Waals surface area contributed by atoms with Crippen LogP contribution < -0.4 is 24.8 Å². The van der Waals surface area contributed by atoms with Gasteiger partial charge in [0.2, 0.25) is 0 Å². The molecule has 0 saturated carbocycles. The molecule has 1 aromatic heterocycles. The molecule has 25 heavy (non-hydrogen) atoms. The van der Waals surface area contributed by atoms with Crippen molar-refractivity contribution in [3.05, 3.63) is 73.9 Å². The average Bonchev–Trinajstić information content (AvgIpc) is 3.24. The van der Waals surface area contributed by atoms with Crippen LogP contribution in [0, 0.1) is 6.92 Å². The topological polar surface area (TPSA) is 13.1 Å². The van der Waals surface area contributed by atoms with E-state index in [2.05, 4.69) is 61.7 Å². The summed E-state index contributed by atoms with van der Waals surface area (Å²) in [4.78, 5) is 1.59. The Kier molecular flexibility index (Phi) is 7.50. The number of thioether (sulfide) groups is 1. The Hall–Kier alpha value is 0.01000. The molecule has 0 fully saturated rings. The first-order valence-electron chi connectivity index (χ1n) is 8.03. The van der Waals surface area contributed by atoms with Gasteiger partial charge in [-0.1, -0.05) is 0 Å². The van der Waals surface area contributed by atoms with Gasteiger partial charge in [-0.2, -0.15) is 0 Å². The fraction of sp³-hybridized carbons (Fsp3) is 0.263. The molecule has 3 aliphatic rings. The molecule has 1 nitrogen and oxygen atoms in total. The zero-order valence-corrected chi connectivity index (χ0v) is 20.3. The maximum Gasteiger partial charge on any atom is -1.00 e. The van der Waals surface area contributed by atoms with Crippen LogP contribution in [-0.4, -0.2) is 11.2 Å². The van der Waals surface area contributed by atoms with Crippen LogP contribution in [0.1, 0.15) is 11.5 Å². The fourth-order valence-corrected chi connectivity index (χ4v) is 22.8. The fourth-order valence-electron chi connectivity index (χ4n) is 3.50. The Labute approximate surface area is 174 Å². The van der Waals surface area contributed by atoms with E-state index in [9.17, 15) is 0 Å². The zero-order valence-electron chi connectivity index (χ0n) is 14.5. The van der Waals surface area contributed by atoms with E-state index in [1.807, 2.05) is 18.7 Å². The van der Waals surface area contributed by atoms with Gasteiger partial charge in [0.1, 0.15) is 0 Å². The number of allylic oxidation sites excluding steroid dienone is 8. The standard InChI is InChI=1S/C12H9OS.C5H5.C2H6Si.2ClH.Zr/c1-8-5-6-11(13-8)10-7-14-12-4-2-3-9(10)12;1-2-4-5-3-1;1-3-2;;;/h2-3,5-6H,7H2,1H3;1-5H;1-2H3;2*1H;/q;;;;;+2/p-2. The van der Waals surface area contributed by atoms with Crippen LogP contribution in [0.2, 0.25) is 16.7 Å². The van der Waals surface area contributed by atoms with E-state index in [1.165, 1.54) is 11.1 Å². The van der Waals surface area contributed by atoms with Gasteiger partial charge >= 0.3 is 151 Å². The first-order valence-corrected chi connectivity index (χ1v) is 17.9. The molecule has 0 amide bonds.